The largest absolute Gasteiger partial charge is 0.489 e. The van der Waals surface area contributed by atoms with Gasteiger partial charge < -0.3 is 20.1 Å². The predicted octanol–water partition coefficient (Wildman–Crippen LogP) is 3.81. The highest BCUT2D eigenvalue weighted by atomic mass is 35.5. The van der Waals surface area contributed by atoms with Crippen LogP contribution in [0.5, 0.6) is 5.75 Å². The summed E-state index contributed by atoms with van der Waals surface area (Å²) in [6.07, 6.45) is 0. The van der Waals surface area contributed by atoms with Crippen molar-refractivity contribution in [3.63, 3.8) is 0 Å². The molecule has 0 heterocycles. The van der Waals surface area contributed by atoms with Crippen molar-refractivity contribution >= 4 is 28.9 Å². The molecule has 128 valence electrons. The molecule has 5 nitrogen and oxygen atoms in total. The summed E-state index contributed by atoms with van der Waals surface area (Å²) >= 11 is 6.03. The number of para-hydroxylation sites is 3. The number of hydrogen-bond acceptors (Lipinski definition) is 4. The number of halogens is 1. The van der Waals surface area contributed by atoms with Crippen molar-refractivity contribution in [3.8, 4) is 5.75 Å². The zero-order chi connectivity index (χ0) is 17.2. The van der Waals surface area contributed by atoms with Crippen LogP contribution >= 0.6 is 11.6 Å². The Morgan fingerprint density at radius 1 is 1.04 bits per heavy atom. The lowest BCUT2D eigenvalue weighted by atomic mass is 10.3. The van der Waals surface area contributed by atoms with Gasteiger partial charge in [-0.25, -0.2) is 0 Å². The molecule has 2 aromatic carbocycles. The molecule has 0 saturated heterocycles. The standard InChI is InChI=1S/C18H21ClN2O3/c1-2-23-11-12-24-17-10-6-5-9-16(17)20-13-18(22)21-15-8-4-3-7-14(15)19/h3-10,20H,2,11-13H2,1H3,(H,21,22). The van der Waals surface area contributed by atoms with Crippen LogP contribution in [0.2, 0.25) is 5.02 Å². The maximum Gasteiger partial charge on any atom is 0.243 e. The summed E-state index contributed by atoms with van der Waals surface area (Å²) in [7, 11) is 0. The van der Waals surface area contributed by atoms with Gasteiger partial charge in [-0.15, -0.1) is 0 Å². The highest BCUT2D eigenvalue weighted by molar-refractivity contribution is 6.33. The van der Waals surface area contributed by atoms with Crippen molar-refractivity contribution in [2.24, 2.45) is 0 Å². The molecular formula is C18H21ClN2O3. The Kier molecular flexibility index (Phi) is 7.39. The maximum absolute atomic E-state index is 12.1. The first-order valence-corrected chi connectivity index (χ1v) is 8.16. The monoisotopic (exact) mass is 348 g/mol. The second-order valence-electron chi connectivity index (χ2n) is 4.92. The van der Waals surface area contributed by atoms with Gasteiger partial charge in [0.25, 0.3) is 0 Å². The lowest BCUT2D eigenvalue weighted by Crippen LogP contribution is -2.22. The van der Waals surface area contributed by atoms with E-state index in [9.17, 15) is 4.79 Å². The number of carbonyl (C=O) groups excluding carboxylic acids is 1. The number of benzene rings is 2. The summed E-state index contributed by atoms with van der Waals surface area (Å²) in [5.74, 6) is 0.495. The third kappa shape index (κ3) is 5.76. The Morgan fingerprint density at radius 3 is 2.50 bits per heavy atom. The first-order chi connectivity index (χ1) is 11.7. The molecule has 1 amide bonds. The molecule has 0 saturated carbocycles. The fourth-order valence-electron chi connectivity index (χ4n) is 2.03. The number of amides is 1. The normalized spacial score (nSPS) is 10.2. The smallest absolute Gasteiger partial charge is 0.243 e. The van der Waals surface area contributed by atoms with E-state index in [0.717, 1.165) is 5.69 Å². The molecule has 0 spiro atoms. The van der Waals surface area contributed by atoms with Crippen molar-refractivity contribution < 1.29 is 14.3 Å². The summed E-state index contributed by atoms with van der Waals surface area (Å²) in [4.78, 5) is 12.1. The van der Waals surface area contributed by atoms with Crippen LogP contribution in [0.25, 0.3) is 0 Å². The van der Waals surface area contributed by atoms with Gasteiger partial charge >= 0.3 is 0 Å². The van der Waals surface area contributed by atoms with Crippen LogP contribution in [0.15, 0.2) is 48.5 Å². The summed E-state index contributed by atoms with van der Waals surface area (Å²) in [6, 6.07) is 14.6. The topological polar surface area (TPSA) is 59.6 Å². The van der Waals surface area contributed by atoms with E-state index in [4.69, 9.17) is 21.1 Å². The Balaban J connectivity index is 1.87. The molecular weight excluding hydrogens is 328 g/mol. The van der Waals surface area contributed by atoms with Crippen molar-refractivity contribution in [1.82, 2.24) is 0 Å². The van der Waals surface area contributed by atoms with Crippen molar-refractivity contribution in [1.29, 1.82) is 0 Å². The van der Waals surface area contributed by atoms with Gasteiger partial charge in [0.2, 0.25) is 5.91 Å². The molecule has 0 radical (unpaired) electrons. The lowest BCUT2D eigenvalue weighted by molar-refractivity contribution is -0.114. The minimum Gasteiger partial charge on any atom is -0.489 e. The quantitative estimate of drug-likeness (QED) is 0.677. The Hall–Kier alpha value is -2.24. The first-order valence-electron chi connectivity index (χ1n) is 7.78. The van der Waals surface area contributed by atoms with Gasteiger partial charge in [-0.1, -0.05) is 35.9 Å². The van der Waals surface area contributed by atoms with E-state index in [-0.39, 0.29) is 12.5 Å². The molecule has 0 atom stereocenters. The van der Waals surface area contributed by atoms with Crippen LogP contribution in [0.4, 0.5) is 11.4 Å². The maximum atomic E-state index is 12.1. The summed E-state index contributed by atoms with van der Waals surface area (Å²) in [6.45, 7) is 3.69. The van der Waals surface area contributed by atoms with Crippen molar-refractivity contribution in [2.45, 2.75) is 6.92 Å². The van der Waals surface area contributed by atoms with E-state index < -0.39 is 0 Å². The average molecular weight is 349 g/mol. The number of hydrogen-bond donors (Lipinski definition) is 2. The van der Waals surface area contributed by atoms with Crippen LogP contribution in [0, 0.1) is 0 Å². The molecule has 0 fully saturated rings. The van der Waals surface area contributed by atoms with E-state index in [2.05, 4.69) is 10.6 Å². The van der Waals surface area contributed by atoms with E-state index in [1.165, 1.54) is 0 Å². The zero-order valence-electron chi connectivity index (χ0n) is 13.5. The van der Waals surface area contributed by atoms with E-state index in [1.807, 2.05) is 43.3 Å². The molecule has 0 aromatic heterocycles. The van der Waals surface area contributed by atoms with Crippen molar-refractivity contribution in [2.75, 3.05) is 37.0 Å². The van der Waals surface area contributed by atoms with Gasteiger partial charge in [0, 0.05) is 6.61 Å². The van der Waals surface area contributed by atoms with Gasteiger partial charge in [0.15, 0.2) is 0 Å². The van der Waals surface area contributed by atoms with Crippen LogP contribution in [0.3, 0.4) is 0 Å². The highest BCUT2D eigenvalue weighted by Crippen LogP contribution is 2.24. The molecule has 0 bridgehead atoms. The summed E-state index contributed by atoms with van der Waals surface area (Å²) in [5.41, 5.74) is 1.34. The minimum atomic E-state index is -0.188. The summed E-state index contributed by atoms with van der Waals surface area (Å²) < 4.78 is 10.9. The van der Waals surface area contributed by atoms with Crippen LogP contribution in [-0.2, 0) is 9.53 Å². The molecule has 0 aliphatic rings. The molecule has 24 heavy (non-hydrogen) atoms. The number of nitrogens with one attached hydrogen (secondary N) is 2. The number of rotatable bonds is 9. The van der Waals surface area contributed by atoms with Crippen molar-refractivity contribution in [3.05, 3.63) is 53.6 Å². The number of anilines is 2. The molecule has 0 aliphatic heterocycles. The van der Waals surface area contributed by atoms with E-state index in [1.54, 1.807) is 12.1 Å². The summed E-state index contributed by atoms with van der Waals surface area (Å²) in [5, 5.41) is 6.34. The Morgan fingerprint density at radius 2 is 1.75 bits per heavy atom. The molecule has 2 N–H and O–H groups in total. The fourth-order valence-corrected chi connectivity index (χ4v) is 2.21. The molecule has 6 heteroatoms. The number of carbonyl (C=O) groups is 1. The van der Waals surface area contributed by atoms with Gasteiger partial charge in [0.05, 0.1) is 29.5 Å². The molecule has 0 aliphatic carbocycles. The first kappa shape index (κ1) is 18.1. The third-order valence-electron chi connectivity index (χ3n) is 3.16. The minimum absolute atomic E-state index is 0.108. The van der Waals surface area contributed by atoms with Gasteiger partial charge in [-0.3, -0.25) is 4.79 Å². The highest BCUT2D eigenvalue weighted by Gasteiger charge is 2.07. The zero-order valence-corrected chi connectivity index (χ0v) is 14.3. The van der Waals surface area contributed by atoms with Gasteiger partial charge in [-0.2, -0.15) is 0 Å². The molecule has 0 unspecified atom stereocenters. The Bertz CT molecular complexity index is 664. The second-order valence-corrected chi connectivity index (χ2v) is 5.33. The SMILES string of the molecule is CCOCCOc1ccccc1NCC(=O)Nc1ccccc1Cl. The number of ether oxygens (including phenoxy) is 2. The molecule has 2 aromatic rings. The predicted molar refractivity (Wildman–Crippen MR) is 97.0 cm³/mol. The Labute approximate surface area is 146 Å². The fraction of sp³-hybridized carbons (Fsp3) is 0.278. The van der Waals surface area contributed by atoms with Gasteiger partial charge in [0.1, 0.15) is 12.4 Å². The van der Waals surface area contributed by atoms with Crippen LogP contribution < -0.4 is 15.4 Å². The van der Waals surface area contributed by atoms with Gasteiger partial charge in [-0.05, 0) is 31.2 Å². The molecule has 2 rings (SSSR count). The second kappa shape index (κ2) is 9.80. The third-order valence-corrected chi connectivity index (χ3v) is 3.49. The average Bonchev–Trinajstić information content (AvgIpc) is 2.60. The lowest BCUT2D eigenvalue weighted by Gasteiger charge is -2.13. The van der Waals surface area contributed by atoms with Crippen LogP contribution in [-0.4, -0.2) is 32.3 Å². The van der Waals surface area contributed by atoms with E-state index in [0.29, 0.717) is 36.3 Å². The van der Waals surface area contributed by atoms with E-state index >= 15 is 0 Å². The van der Waals surface area contributed by atoms with Crippen LogP contribution in [0.1, 0.15) is 6.92 Å².